The van der Waals surface area contributed by atoms with Gasteiger partial charge in [-0.3, -0.25) is 9.59 Å². The van der Waals surface area contributed by atoms with E-state index in [1.54, 1.807) is 0 Å². The zero-order chi connectivity index (χ0) is 13.8. The minimum absolute atomic E-state index is 0.0214. The van der Waals surface area contributed by atoms with Crippen LogP contribution in [0.2, 0.25) is 0 Å². The summed E-state index contributed by atoms with van der Waals surface area (Å²) in [6.45, 7) is 2.48. The summed E-state index contributed by atoms with van der Waals surface area (Å²) in [6, 6.07) is 5.72. The maximum atomic E-state index is 11.5. The average Bonchev–Trinajstić information content (AvgIpc) is 2.78. The molecule has 2 rings (SSSR count). The van der Waals surface area contributed by atoms with E-state index in [9.17, 15) is 9.59 Å². The lowest BCUT2D eigenvalue weighted by Crippen LogP contribution is -2.23. The van der Waals surface area contributed by atoms with Gasteiger partial charge in [-0.2, -0.15) is 0 Å². The summed E-state index contributed by atoms with van der Waals surface area (Å²) in [5.74, 6) is -0.334. The van der Waals surface area contributed by atoms with E-state index in [4.69, 9.17) is 4.74 Å². The lowest BCUT2D eigenvalue weighted by Gasteiger charge is -2.14. The molecular weight excluding hydrogens is 244 g/mol. The van der Waals surface area contributed by atoms with Crippen LogP contribution in [-0.4, -0.2) is 25.5 Å². The van der Waals surface area contributed by atoms with Gasteiger partial charge in [0.1, 0.15) is 0 Å². The Morgan fingerprint density at radius 3 is 3.00 bits per heavy atom. The zero-order valence-corrected chi connectivity index (χ0v) is 11.2. The van der Waals surface area contributed by atoms with E-state index < -0.39 is 0 Å². The van der Waals surface area contributed by atoms with Crippen molar-refractivity contribution in [1.82, 2.24) is 0 Å². The van der Waals surface area contributed by atoms with E-state index in [2.05, 4.69) is 10.6 Å². The number of esters is 1. The molecule has 1 aliphatic rings. The fraction of sp³-hybridized carbons (Fsp3) is 0.429. The molecule has 102 valence electrons. The molecule has 1 amide bonds. The Morgan fingerprint density at radius 2 is 2.32 bits per heavy atom. The van der Waals surface area contributed by atoms with E-state index in [0.29, 0.717) is 13.0 Å². The quantitative estimate of drug-likeness (QED) is 0.794. The normalized spacial score (nSPS) is 14.5. The van der Waals surface area contributed by atoms with Crippen LogP contribution in [0.3, 0.4) is 0 Å². The number of nitrogens with one attached hydrogen (secondary N) is 2. The maximum absolute atomic E-state index is 11.5. The second-order valence-corrected chi connectivity index (χ2v) is 4.61. The summed E-state index contributed by atoms with van der Waals surface area (Å²) in [6.07, 6.45) is 1.14. The van der Waals surface area contributed by atoms with Gasteiger partial charge in [-0.15, -0.1) is 0 Å². The number of carbonyl (C=O) groups is 2. The first-order valence-corrected chi connectivity index (χ1v) is 6.38. The Labute approximate surface area is 112 Å². The van der Waals surface area contributed by atoms with Crippen molar-refractivity contribution in [2.75, 3.05) is 24.3 Å². The fourth-order valence-electron chi connectivity index (χ4n) is 2.14. The van der Waals surface area contributed by atoms with Crippen LogP contribution in [0.4, 0.5) is 11.4 Å². The first kappa shape index (κ1) is 13.4. The first-order valence-electron chi connectivity index (χ1n) is 6.38. The minimum atomic E-state index is -0.201. The Morgan fingerprint density at radius 1 is 1.53 bits per heavy atom. The lowest BCUT2D eigenvalue weighted by atomic mass is 10.1. The first-order chi connectivity index (χ1) is 9.13. The lowest BCUT2D eigenvalue weighted by molar-refractivity contribution is -0.145. The van der Waals surface area contributed by atoms with Gasteiger partial charge in [0.15, 0.2) is 0 Å². The van der Waals surface area contributed by atoms with Crippen LogP contribution in [0, 0.1) is 5.92 Å². The molecule has 2 N–H and O–H groups in total. The topological polar surface area (TPSA) is 67.4 Å². The molecule has 0 aliphatic carbocycles. The summed E-state index contributed by atoms with van der Waals surface area (Å²) in [5, 5.41) is 6.00. The molecule has 0 aromatic heterocycles. The van der Waals surface area contributed by atoms with Gasteiger partial charge in [0.05, 0.1) is 19.4 Å². The standard InChI is InChI=1S/C14H18N2O3/c1-3-9(14(18)19-2)8-15-11-4-5-12-10(6-11)7-13(17)16-12/h4-6,9,15H,3,7-8H2,1-2H3,(H,16,17). The second kappa shape index (κ2) is 5.73. The average molecular weight is 262 g/mol. The Balaban J connectivity index is 1.99. The van der Waals surface area contributed by atoms with Crippen LogP contribution >= 0.6 is 0 Å². The van der Waals surface area contributed by atoms with E-state index in [1.165, 1.54) is 7.11 Å². The van der Waals surface area contributed by atoms with Crippen LogP contribution in [0.1, 0.15) is 18.9 Å². The third-order valence-electron chi connectivity index (χ3n) is 3.31. The van der Waals surface area contributed by atoms with Crippen molar-refractivity contribution in [2.24, 2.45) is 5.92 Å². The number of hydrogen-bond donors (Lipinski definition) is 2. The number of fused-ring (bicyclic) bond motifs is 1. The van der Waals surface area contributed by atoms with Crippen LogP contribution in [0.25, 0.3) is 0 Å². The molecule has 1 aromatic rings. The third-order valence-corrected chi connectivity index (χ3v) is 3.31. The molecule has 1 atom stereocenters. The van der Waals surface area contributed by atoms with Gasteiger partial charge < -0.3 is 15.4 Å². The molecule has 0 saturated carbocycles. The minimum Gasteiger partial charge on any atom is -0.469 e. The van der Waals surface area contributed by atoms with Crippen molar-refractivity contribution in [1.29, 1.82) is 0 Å². The highest BCUT2D eigenvalue weighted by Crippen LogP contribution is 2.26. The monoisotopic (exact) mass is 262 g/mol. The van der Waals surface area contributed by atoms with Crippen molar-refractivity contribution in [3.05, 3.63) is 23.8 Å². The maximum Gasteiger partial charge on any atom is 0.310 e. The molecule has 0 radical (unpaired) electrons. The van der Waals surface area contributed by atoms with Crippen LogP contribution in [0.5, 0.6) is 0 Å². The molecule has 0 saturated heterocycles. The van der Waals surface area contributed by atoms with Crippen LogP contribution in [0.15, 0.2) is 18.2 Å². The molecule has 0 spiro atoms. The zero-order valence-electron chi connectivity index (χ0n) is 11.2. The number of methoxy groups -OCH3 is 1. The molecule has 1 aliphatic heterocycles. The van der Waals surface area contributed by atoms with E-state index >= 15 is 0 Å². The Bertz CT molecular complexity index is 499. The fourth-order valence-corrected chi connectivity index (χ4v) is 2.14. The van der Waals surface area contributed by atoms with Crippen molar-refractivity contribution in [3.63, 3.8) is 0 Å². The van der Waals surface area contributed by atoms with Gasteiger partial charge in [0.2, 0.25) is 5.91 Å². The van der Waals surface area contributed by atoms with Gasteiger partial charge in [0, 0.05) is 17.9 Å². The molecule has 5 heteroatoms. The van der Waals surface area contributed by atoms with Crippen molar-refractivity contribution < 1.29 is 14.3 Å². The van der Waals surface area contributed by atoms with Crippen molar-refractivity contribution >= 4 is 23.3 Å². The molecule has 1 unspecified atom stereocenters. The highest BCUT2D eigenvalue weighted by molar-refractivity contribution is 5.99. The summed E-state index contributed by atoms with van der Waals surface area (Å²) in [5.41, 5.74) is 2.77. The number of anilines is 2. The summed E-state index contributed by atoms with van der Waals surface area (Å²) < 4.78 is 4.75. The third kappa shape index (κ3) is 3.05. The number of benzene rings is 1. The van der Waals surface area contributed by atoms with Gasteiger partial charge in [-0.1, -0.05) is 6.92 Å². The molecule has 1 aromatic carbocycles. The van der Waals surface area contributed by atoms with E-state index in [-0.39, 0.29) is 17.8 Å². The predicted molar refractivity (Wildman–Crippen MR) is 73.1 cm³/mol. The molecular formula is C14H18N2O3. The molecule has 19 heavy (non-hydrogen) atoms. The van der Waals surface area contributed by atoms with E-state index in [0.717, 1.165) is 23.4 Å². The number of rotatable bonds is 5. The molecule has 1 heterocycles. The molecule has 5 nitrogen and oxygen atoms in total. The summed E-state index contributed by atoms with van der Waals surface area (Å²) >= 11 is 0. The smallest absolute Gasteiger partial charge is 0.310 e. The number of ether oxygens (including phenoxy) is 1. The van der Waals surface area contributed by atoms with Gasteiger partial charge in [-0.25, -0.2) is 0 Å². The predicted octanol–water partition coefficient (Wildman–Crippen LogP) is 1.79. The highest BCUT2D eigenvalue weighted by atomic mass is 16.5. The molecule has 0 bridgehead atoms. The largest absolute Gasteiger partial charge is 0.469 e. The van der Waals surface area contributed by atoms with Gasteiger partial charge in [-0.05, 0) is 30.2 Å². The van der Waals surface area contributed by atoms with Crippen molar-refractivity contribution in [3.8, 4) is 0 Å². The summed E-state index contributed by atoms with van der Waals surface area (Å²) in [4.78, 5) is 22.7. The highest BCUT2D eigenvalue weighted by Gasteiger charge is 2.19. The van der Waals surface area contributed by atoms with Gasteiger partial charge in [0.25, 0.3) is 0 Å². The van der Waals surface area contributed by atoms with Gasteiger partial charge >= 0.3 is 5.97 Å². The SMILES string of the molecule is CCC(CNc1ccc2c(c1)CC(=O)N2)C(=O)OC. The van der Waals surface area contributed by atoms with Crippen LogP contribution in [-0.2, 0) is 20.7 Å². The number of hydrogen-bond acceptors (Lipinski definition) is 4. The van der Waals surface area contributed by atoms with Crippen LogP contribution < -0.4 is 10.6 Å². The Kier molecular flexibility index (Phi) is 4.04. The second-order valence-electron chi connectivity index (χ2n) is 4.61. The number of carbonyl (C=O) groups excluding carboxylic acids is 2. The number of amides is 1. The summed E-state index contributed by atoms with van der Waals surface area (Å²) in [7, 11) is 1.40. The Hall–Kier alpha value is -2.04. The van der Waals surface area contributed by atoms with Crippen molar-refractivity contribution in [2.45, 2.75) is 19.8 Å². The van der Waals surface area contributed by atoms with E-state index in [1.807, 2.05) is 25.1 Å². The molecule has 0 fully saturated rings.